The van der Waals surface area contributed by atoms with Gasteiger partial charge in [0.05, 0.1) is 17.1 Å². The molecular formula is C23H22ClN3OS. The fraction of sp³-hybridized carbons (Fsp3) is 0.217. The summed E-state index contributed by atoms with van der Waals surface area (Å²) < 4.78 is 1.92. The van der Waals surface area contributed by atoms with E-state index in [1.807, 2.05) is 54.1 Å². The van der Waals surface area contributed by atoms with Crippen molar-refractivity contribution in [1.82, 2.24) is 9.78 Å². The molecule has 0 atom stereocenters. The smallest absolute Gasteiger partial charge is 0.265 e. The number of rotatable bonds is 5. The third-order valence-electron chi connectivity index (χ3n) is 4.94. The highest BCUT2D eigenvalue weighted by Crippen LogP contribution is 2.30. The topological polar surface area (TPSA) is 46.9 Å². The Morgan fingerprint density at radius 3 is 2.59 bits per heavy atom. The molecule has 0 aliphatic carbocycles. The first-order valence-corrected chi connectivity index (χ1v) is 10.7. The van der Waals surface area contributed by atoms with Crippen molar-refractivity contribution in [2.75, 3.05) is 5.32 Å². The van der Waals surface area contributed by atoms with Crippen LogP contribution in [-0.4, -0.2) is 15.7 Å². The number of amides is 1. The predicted molar refractivity (Wildman–Crippen MR) is 121 cm³/mol. The minimum atomic E-state index is -0.104. The fourth-order valence-electron chi connectivity index (χ4n) is 3.26. The first-order chi connectivity index (χ1) is 13.9. The second kappa shape index (κ2) is 8.01. The lowest BCUT2D eigenvalue weighted by Crippen LogP contribution is -2.10. The second-order valence-electron chi connectivity index (χ2n) is 7.39. The molecule has 4 nitrogen and oxygen atoms in total. The molecule has 0 aliphatic heterocycles. The van der Waals surface area contributed by atoms with Crippen LogP contribution in [0.5, 0.6) is 0 Å². The standard InChI is InChI=1S/C23H22ClN3OS/c1-14(2)16-8-10-18(11-9-16)25-22(28)21-12-19-15(3)26-27(23(19)29-21)13-17-6-4-5-7-20(17)24/h4-12,14H,13H2,1-3H3,(H,25,28). The predicted octanol–water partition coefficient (Wildman–Crippen LogP) is 6.48. The first-order valence-electron chi connectivity index (χ1n) is 9.54. The number of carbonyl (C=O) groups is 1. The molecule has 1 amide bonds. The van der Waals surface area contributed by atoms with E-state index in [9.17, 15) is 4.79 Å². The SMILES string of the molecule is Cc1nn(Cc2ccccc2Cl)c2sc(C(=O)Nc3ccc(C(C)C)cc3)cc12. The highest BCUT2D eigenvalue weighted by Gasteiger charge is 2.17. The lowest BCUT2D eigenvalue weighted by Gasteiger charge is -2.08. The number of benzene rings is 2. The van der Waals surface area contributed by atoms with Crippen molar-refractivity contribution in [2.24, 2.45) is 0 Å². The van der Waals surface area contributed by atoms with Crippen molar-refractivity contribution in [3.63, 3.8) is 0 Å². The highest BCUT2D eigenvalue weighted by molar-refractivity contribution is 7.20. The summed E-state index contributed by atoms with van der Waals surface area (Å²) >= 11 is 7.76. The monoisotopic (exact) mass is 423 g/mol. The van der Waals surface area contributed by atoms with Crippen LogP contribution in [0.1, 0.15) is 46.3 Å². The zero-order valence-electron chi connectivity index (χ0n) is 16.6. The van der Waals surface area contributed by atoms with Gasteiger partial charge in [-0.3, -0.25) is 9.48 Å². The number of anilines is 1. The number of thiophene rings is 1. The molecule has 4 aromatic rings. The molecule has 2 aromatic carbocycles. The molecule has 2 heterocycles. The van der Waals surface area contributed by atoms with Gasteiger partial charge in [-0.15, -0.1) is 11.3 Å². The Kier molecular flexibility index (Phi) is 5.43. The number of hydrogen-bond acceptors (Lipinski definition) is 3. The summed E-state index contributed by atoms with van der Waals surface area (Å²) in [6.07, 6.45) is 0. The summed E-state index contributed by atoms with van der Waals surface area (Å²) in [5.74, 6) is 0.360. The Morgan fingerprint density at radius 2 is 1.90 bits per heavy atom. The molecule has 0 spiro atoms. The number of nitrogens with zero attached hydrogens (tertiary/aromatic N) is 2. The number of aryl methyl sites for hydroxylation is 1. The lowest BCUT2D eigenvalue weighted by molar-refractivity contribution is 0.103. The Balaban J connectivity index is 1.58. The molecule has 0 aliphatic rings. The van der Waals surface area contributed by atoms with E-state index in [0.29, 0.717) is 22.4 Å². The molecule has 0 radical (unpaired) electrons. The minimum absolute atomic E-state index is 0.104. The van der Waals surface area contributed by atoms with E-state index in [0.717, 1.165) is 27.2 Å². The Morgan fingerprint density at radius 1 is 1.17 bits per heavy atom. The zero-order chi connectivity index (χ0) is 20.5. The molecule has 0 saturated carbocycles. The maximum Gasteiger partial charge on any atom is 0.265 e. The summed E-state index contributed by atoms with van der Waals surface area (Å²) in [5, 5.41) is 9.35. The highest BCUT2D eigenvalue weighted by atomic mass is 35.5. The van der Waals surface area contributed by atoms with E-state index in [1.165, 1.54) is 16.9 Å². The van der Waals surface area contributed by atoms with Crippen molar-refractivity contribution in [3.8, 4) is 0 Å². The van der Waals surface area contributed by atoms with Crippen LogP contribution in [0.15, 0.2) is 54.6 Å². The van der Waals surface area contributed by atoms with Gasteiger partial charge in [0.1, 0.15) is 4.83 Å². The van der Waals surface area contributed by atoms with E-state index in [-0.39, 0.29) is 5.91 Å². The molecule has 6 heteroatoms. The molecule has 0 bridgehead atoms. The van der Waals surface area contributed by atoms with Crippen molar-refractivity contribution in [1.29, 1.82) is 0 Å². The van der Waals surface area contributed by atoms with Crippen molar-refractivity contribution in [2.45, 2.75) is 33.2 Å². The second-order valence-corrected chi connectivity index (χ2v) is 8.83. The molecule has 2 aromatic heterocycles. The number of carbonyl (C=O) groups excluding carboxylic acids is 1. The molecule has 1 N–H and O–H groups in total. The number of nitrogens with one attached hydrogen (secondary N) is 1. The van der Waals surface area contributed by atoms with Crippen molar-refractivity contribution in [3.05, 3.63) is 81.3 Å². The van der Waals surface area contributed by atoms with Gasteiger partial charge in [0.25, 0.3) is 5.91 Å². The minimum Gasteiger partial charge on any atom is -0.321 e. The number of fused-ring (bicyclic) bond motifs is 1. The van der Waals surface area contributed by atoms with Crippen LogP contribution in [-0.2, 0) is 6.54 Å². The fourth-order valence-corrected chi connectivity index (χ4v) is 4.52. The average Bonchev–Trinajstić information content (AvgIpc) is 3.26. The normalized spacial score (nSPS) is 11.3. The van der Waals surface area contributed by atoms with E-state index in [2.05, 4.69) is 36.4 Å². The maximum absolute atomic E-state index is 12.8. The maximum atomic E-state index is 12.8. The van der Waals surface area contributed by atoms with Gasteiger partial charge in [-0.1, -0.05) is 55.8 Å². The van der Waals surface area contributed by atoms with Gasteiger partial charge < -0.3 is 5.32 Å². The van der Waals surface area contributed by atoms with E-state index < -0.39 is 0 Å². The van der Waals surface area contributed by atoms with Crippen LogP contribution in [0.25, 0.3) is 10.2 Å². The van der Waals surface area contributed by atoms with Crippen LogP contribution in [0, 0.1) is 6.92 Å². The Bertz CT molecular complexity index is 1170. The van der Waals surface area contributed by atoms with Gasteiger partial charge in [0, 0.05) is 16.1 Å². The van der Waals surface area contributed by atoms with Gasteiger partial charge in [-0.25, -0.2) is 0 Å². The van der Waals surface area contributed by atoms with E-state index in [1.54, 1.807) is 0 Å². The Hall–Kier alpha value is -2.63. The van der Waals surface area contributed by atoms with E-state index in [4.69, 9.17) is 11.6 Å². The van der Waals surface area contributed by atoms with Crippen molar-refractivity contribution >= 4 is 44.7 Å². The number of hydrogen-bond donors (Lipinski definition) is 1. The van der Waals surface area contributed by atoms with Gasteiger partial charge >= 0.3 is 0 Å². The molecule has 0 saturated heterocycles. The third-order valence-corrected chi connectivity index (χ3v) is 6.46. The Labute approximate surface area is 179 Å². The van der Waals surface area contributed by atoms with Crippen LogP contribution in [0.2, 0.25) is 5.02 Å². The molecule has 148 valence electrons. The van der Waals surface area contributed by atoms with Gasteiger partial charge in [-0.2, -0.15) is 5.10 Å². The van der Waals surface area contributed by atoms with Gasteiger partial charge in [0.15, 0.2) is 0 Å². The molecule has 0 unspecified atom stereocenters. The lowest BCUT2D eigenvalue weighted by atomic mass is 10.0. The summed E-state index contributed by atoms with van der Waals surface area (Å²) in [6.45, 7) is 6.84. The zero-order valence-corrected chi connectivity index (χ0v) is 18.1. The third kappa shape index (κ3) is 4.07. The average molecular weight is 424 g/mol. The van der Waals surface area contributed by atoms with Crippen LogP contribution < -0.4 is 5.32 Å². The molecular weight excluding hydrogens is 402 g/mol. The number of aromatic nitrogens is 2. The molecule has 4 rings (SSSR count). The quantitative estimate of drug-likeness (QED) is 0.399. The van der Waals surface area contributed by atoms with Crippen LogP contribution in [0.4, 0.5) is 5.69 Å². The van der Waals surface area contributed by atoms with Crippen molar-refractivity contribution < 1.29 is 4.79 Å². The summed E-state index contributed by atoms with van der Waals surface area (Å²) in [7, 11) is 0. The first kappa shape index (κ1) is 19.7. The molecule has 29 heavy (non-hydrogen) atoms. The van der Waals surface area contributed by atoms with Crippen LogP contribution >= 0.6 is 22.9 Å². The van der Waals surface area contributed by atoms with Gasteiger partial charge in [0.2, 0.25) is 0 Å². The van der Waals surface area contributed by atoms with Crippen LogP contribution in [0.3, 0.4) is 0 Å². The van der Waals surface area contributed by atoms with Gasteiger partial charge in [-0.05, 0) is 48.2 Å². The summed E-state index contributed by atoms with van der Waals surface area (Å²) in [6, 6.07) is 17.7. The molecule has 0 fully saturated rings. The summed E-state index contributed by atoms with van der Waals surface area (Å²) in [4.78, 5) is 14.4. The van der Waals surface area contributed by atoms with E-state index >= 15 is 0 Å². The largest absolute Gasteiger partial charge is 0.321 e. The summed E-state index contributed by atoms with van der Waals surface area (Å²) in [5.41, 5.74) is 3.96. The number of halogens is 1.